The summed E-state index contributed by atoms with van der Waals surface area (Å²) in [4.78, 5) is 4.06. The topological polar surface area (TPSA) is 99.2 Å². The van der Waals surface area contributed by atoms with E-state index < -0.39 is 5.95 Å². The Hall–Kier alpha value is -4.40. The predicted octanol–water partition coefficient (Wildman–Crippen LogP) is 4.56. The first-order valence-electron chi connectivity index (χ1n) is 11.5. The highest BCUT2D eigenvalue weighted by Gasteiger charge is 2.19. The lowest BCUT2D eigenvalue weighted by Gasteiger charge is -2.15. The summed E-state index contributed by atoms with van der Waals surface area (Å²) in [6.45, 7) is 2.54. The fourth-order valence-corrected chi connectivity index (χ4v) is 4.26. The summed E-state index contributed by atoms with van der Waals surface area (Å²) < 4.78 is 16.7. The lowest BCUT2D eigenvalue weighted by Crippen LogP contribution is -2.28. The molecule has 1 N–H and O–H groups in total. The van der Waals surface area contributed by atoms with Crippen molar-refractivity contribution in [2.75, 3.05) is 0 Å². The molecule has 0 radical (unpaired) electrons. The normalized spacial score (nSPS) is 11.1. The SMILES string of the molecule is CCCCc1nc(F)cn1Cc1ccc(-c2ccccc2-c2nnn[nH]2)c(-c2cccc[n+]2[O-])c1. The molecule has 0 fully saturated rings. The Morgan fingerprint density at radius 1 is 1.00 bits per heavy atom. The Morgan fingerprint density at radius 3 is 2.57 bits per heavy atom. The van der Waals surface area contributed by atoms with Crippen LogP contribution in [0.1, 0.15) is 31.2 Å². The third kappa shape index (κ3) is 4.65. The van der Waals surface area contributed by atoms with Gasteiger partial charge in [0.2, 0.25) is 11.6 Å². The minimum absolute atomic E-state index is 0.447. The number of aromatic nitrogens is 7. The van der Waals surface area contributed by atoms with Gasteiger partial charge in [0.1, 0.15) is 5.82 Å². The minimum atomic E-state index is -0.483. The van der Waals surface area contributed by atoms with Crippen LogP contribution in [0.4, 0.5) is 4.39 Å². The Kier molecular flexibility index (Phi) is 6.30. The van der Waals surface area contributed by atoms with Crippen LogP contribution in [0.15, 0.2) is 73.1 Å². The zero-order valence-electron chi connectivity index (χ0n) is 19.2. The van der Waals surface area contributed by atoms with E-state index in [1.54, 1.807) is 12.1 Å². The number of unbranched alkanes of at least 4 members (excludes halogenated alkanes) is 1. The highest BCUT2D eigenvalue weighted by atomic mass is 19.1. The third-order valence-electron chi connectivity index (χ3n) is 5.94. The van der Waals surface area contributed by atoms with Crippen molar-refractivity contribution in [1.82, 2.24) is 30.2 Å². The Bertz CT molecular complexity index is 1450. The second kappa shape index (κ2) is 9.84. The molecule has 0 spiro atoms. The molecule has 0 unspecified atom stereocenters. The summed E-state index contributed by atoms with van der Waals surface area (Å²) in [5.41, 5.74) is 4.76. The summed E-state index contributed by atoms with van der Waals surface area (Å²) in [5.74, 6) is 0.771. The number of nitrogens with zero attached hydrogens (tertiary/aromatic N) is 6. The van der Waals surface area contributed by atoms with Gasteiger partial charge in [0.15, 0.2) is 12.0 Å². The molecule has 3 aromatic heterocycles. The molecule has 3 heterocycles. The summed E-state index contributed by atoms with van der Waals surface area (Å²) in [6, 6.07) is 19.0. The molecule has 0 amide bonds. The number of benzene rings is 2. The number of pyridine rings is 1. The van der Waals surface area contributed by atoms with Crippen molar-refractivity contribution in [2.45, 2.75) is 32.7 Å². The van der Waals surface area contributed by atoms with E-state index in [1.165, 1.54) is 12.4 Å². The third-order valence-corrected chi connectivity index (χ3v) is 5.94. The van der Waals surface area contributed by atoms with Gasteiger partial charge in [-0.25, -0.2) is 10.1 Å². The summed E-state index contributed by atoms with van der Waals surface area (Å²) in [7, 11) is 0. The van der Waals surface area contributed by atoms with Gasteiger partial charge in [-0.3, -0.25) is 0 Å². The number of imidazole rings is 1. The van der Waals surface area contributed by atoms with Crippen molar-refractivity contribution in [3.05, 3.63) is 95.6 Å². The number of halogens is 1. The molecule has 0 saturated heterocycles. The highest BCUT2D eigenvalue weighted by molar-refractivity contribution is 5.89. The summed E-state index contributed by atoms with van der Waals surface area (Å²) in [5, 5.41) is 27.1. The molecule has 9 heteroatoms. The maximum atomic E-state index is 14.0. The first-order valence-corrected chi connectivity index (χ1v) is 11.5. The lowest BCUT2D eigenvalue weighted by atomic mass is 9.92. The van der Waals surface area contributed by atoms with Gasteiger partial charge < -0.3 is 9.77 Å². The van der Waals surface area contributed by atoms with Crippen molar-refractivity contribution in [3.63, 3.8) is 0 Å². The molecule has 0 bridgehead atoms. The molecule has 0 aliphatic heterocycles. The lowest BCUT2D eigenvalue weighted by molar-refractivity contribution is -0.593. The molecule has 0 aliphatic rings. The van der Waals surface area contributed by atoms with E-state index in [0.717, 1.165) is 51.2 Å². The molecule has 5 aromatic rings. The fraction of sp³-hybridized carbons (Fsp3) is 0.192. The van der Waals surface area contributed by atoms with Crippen molar-refractivity contribution in [2.24, 2.45) is 0 Å². The average Bonchev–Trinajstić information content (AvgIpc) is 3.53. The number of aromatic amines is 1. The first-order chi connectivity index (χ1) is 17.1. The average molecular weight is 470 g/mol. The van der Waals surface area contributed by atoms with Crippen LogP contribution in [-0.2, 0) is 13.0 Å². The van der Waals surface area contributed by atoms with Gasteiger partial charge in [-0.15, -0.1) is 5.10 Å². The number of hydrogen-bond donors (Lipinski definition) is 1. The van der Waals surface area contributed by atoms with Crippen LogP contribution < -0.4 is 4.73 Å². The predicted molar refractivity (Wildman–Crippen MR) is 129 cm³/mol. The number of nitrogens with one attached hydrogen (secondary N) is 1. The number of aryl methyl sites for hydroxylation is 1. The second-order valence-corrected chi connectivity index (χ2v) is 8.30. The summed E-state index contributed by atoms with van der Waals surface area (Å²) >= 11 is 0. The van der Waals surface area contributed by atoms with Crippen LogP contribution >= 0.6 is 0 Å². The zero-order valence-corrected chi connectivity index (χ0v) is 19.2. The number of H-pyrrole nitrogens is 1. The van der Waals surface area contributed by atoms with Crippen molar-refractivity contribution < 1.29 is 9.12 Å². The van der Waals surface area contributed by atoms with Crippen molar-refractivity contribution in [3.8, 4) is 33.8 Å². The number of hydrogen-bond acceptors (Lipinski definition) is 5. The molecular formula is C26H24FN7O. The van der Waals surface area contributed by atoms with Crippen molar-refractivity contribution in [1.29, 1.82) is 0 Å². The number of tetrazole rings is 1. The molecule has 2 aromatic carbocycles. The van der Waals surface area contributed by atoms with Gasteiger partial charge in [0.25, 0.3) is 0 Å². The smallest absolute Gasteiger partial charge is 0.230 e. The van der Waals surface area contributed by atoms with Crippen LogP contribution in [0, 0.1) is 11.2 Å². The van der Waals surface area contributed by atoms with Gasteiger partial charge in [-0.2, -0.15) is 9.12 Å². The minimum Gasteiger partial charge on any atom is -0.618 e. The van der Waals surface area contributed by atoms with Gasteiger partial charge in [0.05, 0.1) is 11.8 Å². The molecule has 176 valence electrons. The van der Waals surface area contributed by atoms with E-state index in [2.05, 4.69) is 32.5 Å². The fourth-order valence-electron chi connectivity index (χ4n) is 4.26. The maximum Gasteiger partial charge on any atom is 0.230 e. The van der Waals surface area contributed by atoms with Gasteiger partial charge in [0, 0.05) is 30.7 Å². The van der Waals surface area contributed by atoms with E-state index in [-0.39, 0.29) is 0 Å². The van der Waals surface area contributed by atoms with Crippen LogP contribution in [0.3, 0.4) is 0 Å². The van der Waals surface area contributed by atoms with E-state index in [9.17, 15) is 9.60 Å². The molecule has 5 rings (SSSR count). The largest absolute Gasteiger partial charge is 0.618 e. The Morgan fingerprint density at radius 2 is 1.80 bits per heavy atom. The van der Waals surface area contributed by atoms with Crippen LogP contribution in [0.2, 0.25) is 0 Å². The van der Waals surface area contributed by atoms with Crippen LogP contribution in [0.25, 0.3) is 33.8 Å². The van der Waals surface area contributed by atoms with E-state index >= 15 is 0 Å². The zero-order chi connectivity index (χ0) is 24.2. The molecule has 0 aliphatic carbocycles. The second-order valence-electron chi connectivity index (χ2n) is 8.30. The van der Waals surface area contributed by atoms with Gasteiger partial charge >= 0.3 is 0 Å². The molecule has 0 atom stereocenters. The number of rotatable bonds is 8. The Balaban J connectivity index is 1.63. The van der Waals surface area contributed by atoms with E-state index in [4.69, 9.17) is 0 Å². The standard InChI is InChI=1S/C26H24FN7O/c1-2-3-11-25-28-24(27)17-33(25)16-18-12-13-20(22(15-18)23-10-6-7-14-34(23)35)19-8-4-5-9-21(19)26-29-31-32-30-26/h4-10,12-15,17H,2-3,11,16H2,1H3,(H,29,30,31,32). The van der Waals surface area contributed by atoms with Crippen molar-refractivity contribution >= 4 is 0 Å². The van der Waals surface area contributed by atoms with E-state index in [1.807, 2.05) is 53.1 Å². The molecule has 35 heavy (non-hydrogen) atoms. The highest BCUT2D eigenvalue weighted by Crippen LogP contribution is 2.36. The van der Waals surface area contributed by atoms with Gasteiger partial charge in [-0.05, 0) is 45.7 Å². The maximum absolute atomic E-state index is 14.0. The van der Waals surface area contributed by atoms with E-state index in [0.29, 0.717) is 24.5 Å². The van der Waals surface area contributed by atoms with Gasteiger partial charge in [-0.1, -0.05) is 49.7 Å². The quantitative estimate of drug-likeness (QED) is 0.265. The Labute approximate surface area is 201 Å². The first kappa shape index (κ1) is 22.4. The summed E-state index contributed by atoms with van der Waals surface area (Å²) in [6.07, 6.45) is 5.56. The molecule has 8 nitrogen and oxygen atoms in total. The molecule has 0 saturated carbocycles. The monoisotopic (exact) mass is 469 g/mol. The van der Waals surface area contributed by atoms with Crippen LogP contribution in [0.5, 0.6) is 0 Å². The molecular weight excluding hydrogens is 445 g/mol. The van der Waals surface area contributed by atoms with Crippen LogP contribution in [-0.4, -0.2) is 30.2 Å².